The molecule has 6 heteroatoms. The van der Waals surface area contributed by atoms with E-state index in [9.17, 15) is 0 Å². The van der Waals surface area contributed by atoms with Crippen LogP contribution in [0.4, 0.5) is 0 Å². The van der Waals surface area contributed by atoms with Crippen LogP contribution in [0.3, 0.4) is 0 Å². The third-order valence-corrected chi connectivity index (χ3v) is 4.70. The topological polar surface area (TPSA) is 43.0 Å². The summed E-state index contributed by atoms with van der Waals surface area (Å²) in [5, 5.41) is 4.01. The van der Waals surface area contributed by atoms with Crippen LogP contribution in [0.2, 0.25) is 0 Å². The molecule has 0 saturated carbocycles. The second kappa shape index (κ2) is 8.76. The molecule has 0 aliphatic carbocycles. The van der Waals surface area contributed by atoms with Gasteiger partial charge in [0.05, 0.1) is 13.7 Å². The summed E-state index contributed by atoms with van der Waals surface area (Å²) in [6.45, 7) is 1.97. The van der Waals surface area contributed by atoms with Crippen molar-refractivity contribution in [3.63, 3.8) is 0 Å². The zero-order chi connectivity index (χ0) is 18.4. The van der Waals surface area contributed by atoms with Gasteiger partial charge in [-0.15, -0.1) is 0 Å². The van der Waals surface area contributed by atoms with Gasteiger partial charge < -0.3 is 24.4 Å². The number of rotatable bonds is 6. The highest BCUT2D eigenvalue weighted by Crippen LogP contribution is 2.30. The van der Waals surface area contributed by atoms with Crippen molar-refractivity contribution in [2.75, 3.05) is 33.9 Å². The van der Waals surface area contributed by atoms with Crippen molar-refractivity contribution < 1.29 is 14.2 Å². The quantitative estimate of drug-likeness (QED) is 0.787. The highest BCUT2D eigenvalue weighted by molar-refractivity contribution is 7.80. The average molecular weight is 372 g/mol. The first-order chi connectivity index (χ1) is 12.7. The first-order valence-corrected chi connectivity index (χ1v) is 9.07. The van der Waals surface area contributed by atoms with Gasteiger partial charge in [0.25, 0.3) is 0 Å². The summed E-state index contributed by atoms with van der Waals surface area (Å²) < 4.78 is 16.9. The highest BCUT2D eigenvalue weighted by atomic mass is 32.1. The van der Waals surface area contributed by atoms with Gasteiger partial charge in [-0.1, -0.05) is 24.3 Å². The van der Waals surface area contributed by atoms with Crippen LogP contribution in [0, 0.1) is 0 Å². The molecule has 2 aromatic carbocycles. The summed E-state index contributed by atoms with van der Waals surface area (Å²) in [6, 6.07) is 15.8. The molecule has 0 unspecified atom stereocenters. The number of thiocarbonyl (C=S) groups is 1. The number of hydrogen-bond donors (Lipinski definition) is 1. The number of para-hydroxylation sites is 2. The number of nitrogens with zero attached hydrogens (tertiary/aromatic N) is 1. The Labute approximate surface area is 159 Å². The standard InChI is InChI=1S/C20H24N2O3S/c1-22(13-17-14-24-18-5-3-4-6-19(18)25-17)20(26)21-12-11-15-7-9-16(23-2)10-8-15/h3-10,17H,11-14H2,1-2H3,(H,21,26)/t17-/m0/s1. The molecule has 5 nitrogen and oxygen atoms in total. The van der Waals surface area contributed by atoms with E-state index in [1.54, 1.807) is 7.11 Å². The number of nitrogens with one attached hydrogen (secondary N) is 1. The Morgan fingerprint density at radius 1 is 1.19 bits per heavy atom. The van der Waals surface area contributed by atoms with Crippen LogP contribution in [0.25, 0.3) is 0 Å². The fraction of sp³-hybridized carbons (Fsp3) is 0.350. The maximum absolute atomic E-state index is 5.98. The van der Waals surface area contributed by atoms with Gasteiger partial charge in [0.2, 0.25) is 0 Å². The van der Waals surface area contributed by atoms with Crippen molar-refractivity contribution in [1.82, 2.24) is 10.2 Å². The van der Waals surface area contributed by atoms with Crippen molar-refractivity contribution in [3.05, 3.63) is 54.1 Å². The van der Waals surface area contributed by atoms with E-state index in [1.807, 2.05) is 48.3 Å². The summed E-state index contributed by atoms with van der Waals surface area (Å²) in [6.07, 6.45) is 0.852. The van der Waals surface area contributed by atoms with Gasteiger partial charge in [-0.2, -0.15) is 0 Å². The van der Waals surface area contributed by atoms with E-state index in [-0.39, 0.29) is 6.10 Å². The fourth-order valence-electron chi connectivity index (χ4n) is 2.78. The summed E-state index contributed by atoms with van der Waals surface area (Å²) >= 11 is 5.48. The van der Waals surface area contributed by atoms with E-state index < -0.39 is 0 Å². The van der Waals surface area contributed by atoms with Crippen LogP contribution in [0.15, 0.2) is 48.5 Å². The fourth-order valence-corrected chi connectivity index (χ4v) is 2.96. The molecular formula is C20H24N2O3S. The molecular weight excluding hydrogens is 348 g/mol. The van der Waals surface area contributed by atoms with Crippen LogP contribution in [0.1, 0.15) is 5.56 Å². The Morgan fingerprint density at radius 2 is 1.92 bits per heavy atom. The second-order valence-corrected chi connectivity index (χ2v) is 6.59. The summed E-state index contributed by atoms with van der Waals surface area (Å²) in [5.41, 5.74) is 1.24. The number of likely N-dealkylation sites (N-methyl/N-ethyl adjacent to an activating group) is 1. The SMILES string of the molecule is COc1ccc(CCNC(=S)N(C)C[C@H]2COc3ccccc3O2)cc1. The maximum Gasteiger partial charge on any atom is 0.168 e. The zero-order valence-electron chi connectivity index (χ0n) is 15.1. The number of fused-ring (bicyclic) bond motifs is 1. The normalized spacial score (nSPS) is 15.2. The number of ether oxygens (including phenoxy) is 3. The molecule has 26 heavy (non-hydrogen) atoms. The maximum atomic E-state index is 5.98. The molecule has 1 aliphatic heterocycles. The second-order valence-electron chi connectivity index (χ2n) is 6.21. The van der Waals surface area contributed by atoms with E-state index in [1.165, 1.54) is 5.56 Å². The third-order valence-electron chi connectivity index (χ3n) is 4.24. The minimum atomic E-state index is -0.0451. The first kappa shape index (κ1) is 18.3. The monoisotopic (exact) mass is 372 g/mol. The van der Waals surface area contributed by atoms with Crippen LogP contribution in [-0.4, -0.2) is 50.0 Å². The Morgan fingerprint density at radius 3 is 2.65 bits per heavy atom. The molecule has 0 bridgehead atoms. The molecule has 0 radical (unpaired) electrons. The molecule has 3 rings (SSSR count). The molecule has 1 aliphatic rings. The predicted octanol–water partition coefficient (Wildman–Crippen LogP) is 2.88. The van der Waals surface area contributed by atoms with Crippen molar-refractivity contribution in [1.29, 1.82) is 0 Å². The smallest absolute Gasteiger partial charge is 0.168 e. The molecule has 0 amide bonds. The molecule has 0 spiro atoms. The van der Waals surface area contributed by atoms with Crippen LogP contribution < -0.4 is 19.5 Å². The number of methoxy groups -OCH3 is 1. The van der Waals surface area contributed by atoms with Crippen molar-refractivity contribution in [3.8, 4) is 17.2 Å². The van der Waals surface area contributed by atoms with Crippen LogP contribution >= 0.6 is 12.2 Å². The zero-order valence-corrected chi connectivity index (χ0v) is 15.9. The Hall–Kier alpha value is -2.47. The largest absolute Gasteiger partial charge is 0.497 e. The molecule has 1 N–H and O–H groups in total. The van der Waals surface area contributed by atoms with Gasteiger partial charge in [0.1, 0.15) is 12.4 Å². The van der Waals surface area contributed by atoms with Gasteiger partial charge in [-0.05, 0) is 48.5 Å². The lowest BCUT2D eigenvalue weighted by Crippen LogP contribution is -2.45. The van der Waals surface area contributed by atoms with E-state index in [0.717, 1.165) is 30.2 Å². The van der Waals surface area contributed by atoms with Crippen molar-refractivity contribution >= 4 is 17.3 Å². The molecule has 0 aromatic heterocycles. The lowest BCUT2D eigenvalue weighted by atomic mass is 10.1. The Kier molecular flexibility index (Phi) is 6.17. The van der Waals surface area contributed by atoms with Crippen LogP contribution in [-0.2, 0) is 6.42 Å². The van der Waals surface area contributed by atoms with Crippen LogP contribution in [0.5, 0.6) is 17.2 Å². The van der Waals surface area contributed by atoms with E-state index in [4.69, 9.17) is 26.4 Å². The van der Waals surface area contributed by atoms with Gasteiger partial charge in [-0.25, -0.2) is 0 Å². The summed E-state index contributed by atoms with van der Waals surface area (Å²) in [4.78, 5) is 1.99. The third kappa shape index (κ3) is 4.79. The molecule has 1 atom stereocenters. The molecule has 1 heterocycles. The van der Waals surface area contributed by atoms with E-state index >= 15 is 0 Å². The molecule has 0 fully saturated rings. The minimum absolute atomic E-state index is 0.0451. The number of benzene rings is 2. The van der Waals surface area contributed by atoms with Gasteiger partial charge >= 0.3 is 0 Å². The van der Waals surface area contributed by atoms with Crippen molar-refractivity contribution in [2.45, 2.75) is 12.5 Å². The Bertz CT molecular complexity index is 736. The summed E-state index contributed by atoms with van der Waals surface area (Å²) in [5.74, 6) is 2.45. The first-order valence-electron chi connectivity index (χ1n) is 8.66. The van der Waals surface area contributed by atoms with Gasteiger partial charge in [-0.3, -0.25) is 0 Å². The van der Waals surface area contributed by atoms with E-state index in [2.05, 4.69) is 17.4 Å². The predicted molar refractivity (Wildman–Crippen MR) is 106 cm³/mol. The highest BCUT2D eigenvalue weighted by Gasteiger charge is 2.22. The molecule has 2 aromatic rings. The lowest BCUT2D eigenvalue weighted by Gasteiger charge is -2.30. The molecule has 0 saturated heterocycles. The van der Waals surface area contributed by atoms with Crippen molar-refractivity contribution in [2.24, 2.45) is 0 Å². The van der Waals surface area contributed by atoms with Gasteiger partial charge in [0, 0.05) is 13.6 Å². The lowest BCUT2D eigenvalue weighted by molar-refractivity contribution is 0.0779. The summed E-state index contributed by atoms with van der Waals surface area (Å²) in [7, 11) is 3.64. The van der Waals surface area contributed by atoms with E-state index in [0.29, 0.717) is 18.3 Å². The Balaban J connectivity index is 1.42. The van der Waals surface area contributed by atoms with Gasteiger partial charge in [0.15, 0.2) is 22.7 Å². The number of hydrogen-bond acceptors (Lipinski definition) is 4. The molecule has 138 valence electrons. The minimum Gasteiger partial charge on any atom is -0.497 e. The average Bonchev–Trinajstić information content (AvgIpc) is 2.68.